The Labute approximate surface area is 103 Å². The molecular formula is C15H20O2. The lowest BCUT2D eigenvalue weighted by molar-refractivity contribution is -0.142. The van der Waals surface area contributed by atoms with Crippen LogP contribution in [0.5, 0.6) is 0 Å². The van der Waals surface area contributed by atoms with Crippen molar-refractivity contribution in [1.82, 2.24) is 0 Å². The van der Waals surface area contributed by atoms with Crippen LogP contribution in [0.15, 0.2) is 36.4 Å². The maximum absolute atomic E-state index is 11.6. The van der Waals surface area contributed by atoms with E-state index in [1.165, 1.54) is 0 Å². The smallest absolute Gasteiger partial charge is 0.310 e. The lowest BCUT2D eigenvalue weighted by Gasteiger charge is -2.05. The number of ether oxygens (including phenoxy) is 1. The molecule has 0 aliphatic rings. The average Bonchev–Trinajstić information content (AvgIpc) is 2.32. The van der Waals surface area contributed by atoms with Crippen LogP contribution in [0, 0.1) is 6.92 Å². The Morgan fingerprint density at radius 1 is 1.29 bits per heavy atom. The van der Waals surface area contributed by atoms with Gasteiger partial charge in [-0.25, -0.2) is 0 Å². The highest BCUT2D eigenvalue weighted by Gasteiger charge is 2.05. The summed E-state index contributed by atoms with van der Waals surface area (Å²) in [7, 11) is 0. The molecule has 0 saturated carbocycles. The SMILES string of the molecule is CCC=CCCOC(=O)Cc1ccccc1C. The minimum Gasteiger partial charge on any atom is -0.465 e. The van der Waals surface area contributed by atoms with Crippen molar-refractivity contribution in [1.29, 1.82) is 0 Å². The normalized spacial score (nSPS) is 10.7. The van der Waals surface area contributed by atoms with Gasteiger partial charge in [-0.15, -0.1) is 0 Å². The van der Waals surface area contributed by atoms with Gasteiger partial charge in [-0.05, 0) is 30.9 Å². The van der Waals surface area contributed by atoms with Gasteiger partial charge in [-0.2, -0.15) is 0 Å². The number of hydrogen-bond acceptors (Lipinski definition) is 2. The first-order chi connectivity index (χ1) is 8.24. The van der Waals surface area contributed by atoms with Crippen molar-refractivity contribution in [2.45, 2.75) is 33.1 Å². The molecule has 1 aromatic rings. The molecule has 0 aromatic heterocycles. The third-order valence-corrected chi connectivity index (χ3v) is 2.55. The van der Waals surface area contributed by atoms with Crippen LogP contribution in [0.2, 0.25) is 0 Å². The third-order valence-electron chi connectivity index (χ3n) is 2.55. The van der Waals surface area contributed by atoms with Crippen molar-refractivity contribution in [3.05, 3.63) is 47.5 Å². The summed E-state index contributed by atoms with van der Waals surface area (Å²) in [6.07, 6.45) is 6.31. The highest BCUT2D eigenvalue weighted by Crippen LogP contribution is 2.08. The first-order valence-corrected chi connectivity index (χ1v) is 6.09. The summed E-state index contributed by atoms with van der Waals surface area (Å²) in [4.78, 5) is 11.6. The summed E-state index contributed by atoms with van der Waals surface area (Å²) in [5.41, 5.74) is 2.18. The van der Waals surface area contributed by atoms with Crippen LogP contribution in [-0.4, -0.2) is 12.6 Å². The number of esters is 1. The van der Waals surface area contributed by atoms with Crippen molar-refractivity contribution in [3.8, 4) is 0 Å². The molecule has 2 nitrogen and oxygen atoms in total. The Morgan fingerprint density at radius 2 is 2.06 bits per heavy atom. The number of carbonyl (C=O) groups excluding carboxylic acids is 1. The minimum absolute atomic E-state index is 0.149. The van der Waals surface area contributed by atoms with E-state index in [1.807, 2.05) is 37.3 Å². The average molecular weight is 232 g/mol. The molecule has 0 amide bonds. The fourth-order valence-electron chi connectivity index (χ4n) is 1.54. The zero-order chi connectivity index (χ0) is 12.5. The molecule has 0 aliphatic carbocycles. The van der Waals surface area contributed by atoms with Gasteiger partial charge in [0.1, 0.15) is 0 Å². The Hall–Kier alpha value is -1.57. The van der Waals surface area contributed by atoms with Crippen molar-refractivity contribution >= 4 is 5.97 Å². The molecule has 0 radical (unpaired) electrons. The molecule has 92 valence electrons. The van der Waals surface area contributed by atoms with Crippen molar-refractivity contribution < 1.29 is 9.53 Å². The van der Waals surface area contributed by atoms with E-state index in [0.717, 1.165) is 24.0 Å². The minimum atomic E-state index is -0.149. The zero-order valence-corrected chi connectivity index (χ0v) is 10.6. The molecule has 0 saturated heterocycles. The fraction of sp³-hybridized carbons (Fsp3) is 0.400. The molecule has 0 spiro atoms. The largest absolute Gasteiger partial charge is 0.465 e. The Kier molecular flexibility index (Phi) is 6.08. The molecule has 0 bridgehead atoms. The Morgan fingerprint density at radius 3 is 2.76 bits per heavy atom. The predicted molar refractivity (Wildman–Crippen MR) is 69.9 cm³/mol. The Bertz CT molecular complexity index is 380. The number of hydrogen-bond donors (Lipinski definition) is 0. The topological polar surface area (TPSA) is 26.3 Å². The summed E-state index contributed by atoms with van der Waals surface area (Å²) in [6.45, 7) is 4.56. The van der Waals surface area contributed by atoms with E-state index in [9.17, 15) is 4.79 Å². The highest BCUT2D eigenvalue weighted by molar-refractivity contribution is 5.73. The van der Waals surface area contributed by atoms with E-state index in [2.05, 4.69) is 13.0 Å². The van der Waals surface area contributed by atoms with E-state index in [0.29, 0.717) is 13.0 Å². The van der Waals surface area contributed by atoms with E-state index >= 15 is 0 Å². The van der Waals surface area contributed by atoms with Gasteiger partial charge in [0.25, 0.3) is 0 Å². The van der Waals surface area contributed by atoms with Crippen LogP contribution in [0.4, 0.5) is 0 Å². The van der Waals surface area contributed by atoms with E-state index in [4.69, 9.17) is 4.74 Å². The lowest BCUT2D eigenvalue weighted by Crippen LogP contribution is -2.09. The second-order valence-corrected chi connectivity index (χ2v) is 3.99. The molecule has 0 unspecified atom stereocenters. The summed E-state index contributed by atoms with van der Waals surface area (Å²) in [5.74, 6) is -0.149. The number of allylic oxidation sites excluding steroid dienone is 1. The maximum Gasteiger partial charge on any atom is 0.310 e. The standard InChI is InChI=1S/C15H20O2/c1-3-4-5-8-11-17-15(16)12-14-10-7-6-9-13(14)2/h4-7,9-10H,3,8,11-12H2,1-2H3. The van der Waals surface area contributed by atoms with Gasteiger partial charge in [0.05, 0.1) is 13.0 Å². The highest BCUT2D eigenvalue weighted by atomic mass is 16.5. The van der Waals surface area contributed by atoms with Gasteiger partial charge in [0.2, 0.25) is 0 Å². The second-order valence-electron chi connectivity index (χ2n) is 3.99. The molecule has 0 heterocycles. The molecule has 1 aromatic carbocycles. The van der Waals surface area contributed by atoms with Crippen molar-refractivity contribution in [2.75, 3.05) is 6.61 Å². The van der Waals surface area contributed by atoms with Crippen molar-refractivity contribution in [3.63, 3.8) is 0 Å². The van der Waals surface area contributed by atoms with Crippen molar-refractivity contribution in [2.24, 2.45) is 0 Å². The van der Waals surface area contributed by atoms with Gasteiger partial charge in [-0.3, -0.25) is 4.79 Å². The molecule has 2 heteroatoms. The summed E-state index contributed by atoms with van der Waals surface area (Å²) < 4.78 is 5.16. The molecule has 0 fully saturated rings. The fourth-order valence-corrected chi connectivity index (χ4v) is 1.54. The molecule has 0 aliphatic heterocycles. The van der Waals surface area contributed by atoms with Crippen LogP contribution in [0.3, 0.4) is 0 Å². The lowest BCUT2D eigenvalue weighted by atomic mass is 10.1. The molecular weight excluding hydrogens is 212 g/mol. The second kappa shape index (κ2) is 7.66. The monoisotopic (exact) mass is 232 g/mol. The van der Waals surface area contributed by atoms with E-state index in [1.54, 1.807) is 0 Å². The number of carbonyl (C=O) groups is 1. The van der Waals surface area contributed by atoms with Gasteiger partial charge in [-0.1, -0.05) is 43.3 Å². The molecule has 0 N–H and O–H groups in total. The van der Waals surface area contributed by atoms with Crippen LogP contribution < -0.4 is 0 Å². The van der Waals surface area contributed by atoms with Gasteiger partial charge in [0, 0.05) is 0 Å². The molecule has 1 rings (SSSR count). The quantitative estimate of drug-likeness (QED) is 0.426. The van der Waals surface area contributed by atoms with E-state index < -0.39 is 0 Å². The number of benzene rings is 1. The van der Waals surface area contributed by atoms with Crippen LogP contribution in [-0.2, 0) is 16.0 Å². The number of aryl methyl sites for hydroxylation is 1. The zero-order valence-electron chi connectivity index (χ0n) is 10.6. The third kappa shape index (κ3) is 5.34. The molecule has 0 atom stereocenters. The first kappa shape index (κ1) is 13.5. The van der Waals surface area contributed by atoms with Crippen LogP contribution >= 0.6 is 0 Å². The summed E-state index contributed by atoms with van der Waals surface area (Å²) in [6, 6.07) is 7.89. The first-order valence-electron chi connectivity index (χ1n) is 6.09. The summed E-state index contributed by atoms with van der Waals surface area (Å²) >= 11 is 0. The van der Waals surface area contributed by atoms with Gasteiger partial charge in [0.15, 0.2) is 0 Å². The van der Waals surface area contributed by atoms with E-state index in [-0.39, 0.29) is 5.97 Å². The maximum atomic E-state index is 11.6. The van der Waals surface area contributed by atoms with Crippen LogP contribution in [0.1, 0.15) is 30.9 Å². The van der Waals surface area contributed by atoms with Gasteiger partial charge < -0.3 is 4.74 Å². The predicted octanol–water partition coefficient (Wildman–Crippen LogP) is 3.44. The van der Waals surface area contributed by atoms with Gasteiger partial charge >= 0.3 is 5.97 Å². The number of rotatable bonds is 6. The Balaban J connectivity index is 2.30. The van der Waals surface area contributed by atoms with Crippen LogP contribution in [0.25, 0.3) is 0 Å². The summed E-state index contributed by atoms with van der Waals surface area (Å²) in [5, 5.41) is 0. The molecule has 17 heavy (non-hydrogen) atoms.